The van der Waals surface area contributed by atoms with Gasteiger partial charge < -0.3 is 34.1 Å². The molecule has 2 aliphatic rings. The molecule has 3 heterocycles. The van der Waals surface area contributed by atoms with Gasteiger partial charge in [0, 0.05) is 56.0 Å². The van der Waals surface area contributed by atoms with Gasteiger partial charge in [-0.05, 0) is 38.7 Å². The number of morpholine rings is 1. The third kappa shape index (κ3) is 5.30. The van der Waals surface area contributed by atoms with Gasteiger partial charge >= 0.3 is 0 Å². The minimum atomic E-state index is 0.133. The second-order valence-corrected chi connectivity index (χ2v) is 8.33. The van der Waals surface area contributed by atoms with E-state index in [0.29, 0.717) is 0 Å². The molecule has 32 heavy (non-hydrogen) atoms. The summed E-state index contributed by atoms with van der Waals surface area (Å²) in [5, 5.41) is 4.53. The smallest absolute Gasteiger partial charge is 0.194 e. The quantitative estimate of drug-likeness (QED) is 0.370. The minimum Gasteiger partial charge on any atom is -0.497 e. The number of aromatic nitrogens is 1. The molecular formula is C24H36N4O4. The average Bonchev–Trinajstić information content (AvgIpc) is 3.50. The van der Waals surface area contributed by atoms with Crippen LogP contribution < -0.4 is 14.8 Å². The maximum Gasteiger partial charge on any atom is 0.194 e. The molecule has 0 spiro atoms. The summed E-state index contributed by atoms with van der Waals surface area (Å²) in [5.74, 6) is 2.58. The van der Waals surface area contributed by atoms with Crippen LogP contribution in [0.15, 0.2) is 23.2 Å². The second kappa shape index (κ2) is 10.9. The highest BCUT2D eigenvalue weighted by Gasteiger charge is 2.32. The Kier molecular flexibility index (Phi) is 7.76. The van der Waals surface area contributed by atoms with Crippen LogP contribution in [0.25, 0.3) is 10.9 Å². The second-order valence-electron chi connectivity index (χ2n) is 8.33. The number of hydrogen-bond donors (Lipinski definition) is 2. The van der Waals surface area contributed by atoms with E-state index in [2.05, 4.69) is 28.2 Å². The molecule has 1 aromatic carbocycles. The number of benzene rings is 1. The van der Waals surface area contributed by atoms with E-state index >= 15 is 0 Å². The van der Waals surface area contributed by atoms with E-state index < -0.39 is 0 Å². The van der Waals surface area contributed by atoms with E-state index in [9.17, 15) is 0 Å². The maximum atomic E-state index is 6.00. The Morgan fingerprint density at radius 3 is 2.81 bits per heavy atom. The van der Waals surface area contributed by atoms with E-state index in [-0.39, 0.29) is 12.2 Å². The van der Waals surface area contributed by atoms with Crippen molar-refractivity contribution in [2.45, 2.75) is 44.8 Å². The first-order chi connectivity index (χ1) is 15.7. The lowest BCUT2D eigenvalue weighted by molar-refractivity contribution is -0.0817. The number of fused-ring (bicyclic) bond motifs is 1. The van der Waals surface area contributed by atoms with Crippen LogP contribution in [0.3, 0.4) is 0 Å². The van der Waals surface area contributed by atoms with Crippen LogP contribution in [0.5, 0.6) is 11.5 Å². The van der Waals surface area contributed by atoms with Crippen LogP contribution in [0.1, 0.15) is 31.9 Å². The predicted octanol–water partition coefficient (Wildman–Crippen LogP) is 2.96. The van der Waals surface area contributed by atoms with Gasteiger partial charge in [0.2, 0.25) is 0 Å². The van der Waals surface area contributed by atoms with Crippen molar-refractivity contribution in [3.8, 4) is 11.5 Å². The van der Waals surface area contributed by atoms with Gasteiger partial charge in [0.05, 0.1) is 32.4 Å². The van der Waals surface area contributed by atoms with Gasteiger partial charge in [0.25, 0.3) is 0 Å². The fraction of sp³-hybridized carbons (Fsp3) is 0.625. The predicted molar refractivity (Wildman–Crippen MR) is 126 cm³/mol. The molecule has 2 fully saturated rings. The zero-order valence-electron chi connectivity index (χ0n) is 19.5. The molecule has 0 radical (unpaired) electrons. The lowest BCUT2D eigenvalue weighted by Crippen LogP contribution is -2.53. The Labute approximate surface area is 190 Å². The van der Waals surface area contributed by atoms with Crippen LogP contribution in [0.2, 0.25) is 0 Å². The maximum absolute atomic E-state index is 6.00. The highest BCUT2D eigenvalue weighted by Crippen LogP contribution is 2.31. The number of nitrogens with zero attached hydrogens (tertiary/aromatic N) is 2. The van der Waals surface area contributed by atoms with E-state index in [1.807, 2.05) is 12.1 Å². The molecule has 0 aliphatic carbocycles. The van der Waals surface area contributed by atoms with Crippen LogP contribution in [0, 0.1) is 0 Å². The Hall–Kier alpha value is -2.45. The van der Waals surface area contributed by atoms with Crippen molar-refractivity contribution < 1.29 is 18.9 Å². The van der Waals surface area contributed by atoms with E-state index in [4.69, 9.17) is 23.9 Å². The third-order valence-electron chi connectivity index (χ3n) is 6.16. The molecule has 0 amide bonds. The van der Waals surface area contributed by atoms with Crippen LogP contribution in [-0.4, -0.2) is 81.7 Å². The SMILES string of the molecule is CCNC(=NCCCc1cc2c(OC)cc(OC)cc2[nH]1)N1CCOC(C2CCCO2)C1. The van der Waals surface area contributed by atoms with Crippen molar-refractivity contribution in [3.63, 3.8) is 0 Å². The monoisotopic (exact) mass is 444 g/mol. The summed E-state index contributed by atoms with van der Waals surface area (Å²) in [4.78, 5) is 10.7. The Balaban J connectivity index is 1.36. The summed E-state index contributed by atoms with van der Waals surface area (Å²) in [6.45, 7) is 6.99. The Morgan fingerprint density at radius 1 is 1.19 bits per heavy atom. The number of methoxy groups -OCH3 is 2. The zero-order valence-corrected chi connectivity index (χ0v) is 19.5. The molecule has 4 rings (SSSR count). The number of nitrogens with one attached hydrogen (secondary N) is 2. The molecule has 176 valence electrons. The van der Waals surface area contributed by atoms with Gasteiger partial charge in [-0.2, -0.15) is 0 Å². The molecule has 0 saturated carbocycles. The number of hydrogen-bond acceptors (Lipinski definition) is 5. The van der Waals surface area contributed by atoms with E-state index in [1.54, 1.807) is 14.2 Å². The highest BCUT2D eigenvalue weighted by molar-refractivity contribution is 5.88. The normalized spacial score (nSPS) is 21.8. The summed E-state index contributed by atoms with van der Waals surface area (Å²) in [7, 11) is 3.36. The highest BCUT2D eigenvalue weighted by atomic mass is 16.5. The summed E-state index contributed by atoms with van der Waals surface area (Å²) in [6, 6.07) is 6.08. The van der Waals surface area contributed by atoms with E-state index in [0.717, 1.165) is 93.4 Å². The topological polar surface area (TPSA) is 80.3 Å². The first kappa shape index (κ1) is 22.7. The van der Waals surface area contributed by atoms with Crippen molar-refractivity contribution in [2.75, 3.05) is 53.6 Å². The number of aromatic amines is 1. The summed E-state index contributed by atoms with van der Waals surface area (Å²) in [6.07, 6.45) is 4.45. The molecule has 8 heteroatoms. The largest absolute Gasteiger partial charge is 0.497 e. The third-order valence-corrected chi connectivity index (χ3v) is 6.16. The van der Waals surface area contributed by atoms with Crippen molar-refractivity contribution >= 4 is 16.9 Å². The van der Waals surface area contributed by atoms with Crippen molar-refractivity contribution in [1.82, 2.24) is 15.2 Å². The molecule has 0 bridgehead atoms. The van der Waals surface area contributed by atoms with Crippen molar-refractivity contribution in [1.29, 1.82) is 0 Å². The standard InChI is InChI=1S/C24H36N4O4/c1-4-25-24(28-10-12-32-23(16-28)21-8-6-11-31-21)26-9-5-7-17-13-19-20(27-17)14-18(29-2)15-22(19)30-3/h13-15,21,23,27H,4-12,16H2,1-3H3,(H,25,26). The lowest BCUT2D eigenvalue weighted by Gasteiger charge is -2.37. The average molecular weight is 445 g/mol. The molecule has 2 unspecified atom stereocenters. The number of rotatable bonds is 8. The fourth-order valence-electron chi connectivity index (χ4n) is 4.53. The number of aryl methyl sites for hydroxylation is 1. The number of ether oxygens (including phenoxy) is 4. The van der Waals surface area contributed by atoms with E-state index in [1.165, 1.54) is 5.69 Å². The van der Waals surface area contributed by atoms with Gasteiger partial charge in [-0.25, -0.2) is 0 Å². The molecule has 2 aromatic rings. The number of aliphatic imine (C=N–C) groups is 1. The van der Waals surface area contributed by atoms with Gasteiger partial charge in [-0.3, -0.25) is 4.99 Å². The minimum absolute atomic E-state index is 0.133. The molecular weight excluding hydrogens is 408 g/mol. The van der Waals surface area contributed by atoms with Gasteiger partial charge in [-0.1, -0.05) is 0 Å². The molecule has 2 N–H and O–H groups in total. The van der Waals surface area contributed by atoms with Crippen molar-refractivity contribution in [3.05, 3.63) is 23.9 Å². The van der Waals surface area contributed by atoms with Crippen LogP contribution in [-0.2, 0) is 15.9 Å². The molecule has 2 saturated heterocycles. The lowest BCUT2D eigenvalue weighted by atomic mass is 10.1. The summed E-state index contributed by atoms with van der Waals surface area (Å²) >= 11 is 0. The molecule has 2 aliphatic heterocycles. The first-order valence-corrected chi connectivity index (χ1v) is 11.7. The molecule has 1 aromatic heterocycles. The summed E-state index contributed by atoms with van der Waals surface area (Å²) in [5.41, 5.74) is 2.21. The fourth-order valence-corrected chi connectivity index (χ4v) is 4.53. The molecule has 8 nitrogen and oxygen atoms in total. The van der Waals surface area contributed by atoms with Crippen LogP contribution in [0.4, 0.5) is 0 Å². The first-order valence-electron chi connectivity index (χ1n) is 11.7. The van der Waals surface area contributed by atoms with Gasteiger partial charge in [0.1, 0.15) is 17.6 Å². The van der Waals surface area contributed by atoms with Gasteiger partial charge in [0.15, 0.2) is 5.96 Å². The van der Waals surface area contributed by atoms with Crippen LogP contribution >= 0.6 is 0 Å². The number of H-pyrrole nitrogens is 1. The summed E-state index contributed by atoms with van der Waals surface area (Å²) < 4.78 is 22.7. The molecule has 2 atom stereocenters. The van der Waals surface area contributed by atoms with Crippen molar-refractivity contribution in [2.24, 2.45) is 4.99 Å². The van der Waals surface area contributed by atoms with Gasteiger partial charge in [-0.15, -0.1) is 0 Å². The number of guanidine groups is 1. The zero-order chi connectivity index (χ0) is 22.3. The Morgan fingerprint density at radius 2 is 2.06 bits per heavy atom. The Bertz CT molecular complexity index is 907.